The van der Waals surface area contributed by atoms with Crippen molar-refractivity contribution in [3.63, 3.8) is 0 Å². The van der Waals surface area contributed by atoms with E-state index in [1.807, 2.05) is 24.3 Å². The molecule has 1 amide bonds. The molecule has 3 rings (SSSR count). The molecule has 0 atom stereocenters. The second-order valence-electron chi connectivity index (χ2n) is 6.26. The van der Waals surface area contributed by atoms with Gasteiger partial charge in [0.15, 0.2) is 4.34 Å². The Morgan fingerprint density at radius 1 is 1.33 bits per heavy atom. The zero-order valence-electron chi connectivity index (χ0n) is 14.7. The van der Waals surface area contributed by atoms with E-state index in [-0.39, 0.29) is 11.8 Å². The zero-order chi connectivity index (χ0) is 19.2. The highest BCUT2D eigenvalue weighted by atomic mass is 35.5. The lowest BCUT2D eigenvalue weighted by Gasteiger charge is -2.31. The summed E-state index contributed by atoms with van der Waals surface area (Å²) in [4.78, 5) is 14.8. The van der Waals surface area contributed by atoms with Gasteiger partial charge in [-0.3, -0.25) is 9.69 Å². The second-order valence-corrected chi connectivity index (χ2v) is 9.32. The number of carbonyl (C=O) groups excluding carboxylic acids is 1. The molecule has 1 aliphatic rings. The summed E-state index contributed by atoms with van der Waals surface area (Å²) < 4.78 is 0.835. The Balaban J connectivity index is 1.46. The third-order valence-electron chi connectivity index (χ3n) is 4.31. The number of nitrogens with one attached hydrogen (secondary N) is 1. The summed E-state index contributed by atoms with van der Waals surface area (Å²) in [6.07, 6.45) is 3.46. The summed E-state index contributed by atoms with van der Waals surface area (Å²) >= 11 is 15.0. The van der Waals surface area contributed by atoms with Crippen molar-refractivity contribution >= 4 is 57.3 Å². The number of amides is 1. The minimum Gasteiger partial charge on any atom is -0.300 e. The maximum atomic E-state index is 12.5. The number of hydrogen-bond acceptors (Lipinski definition) is 6. The van der Waals surface area contributed by atoms with Crippen LogP contribution in [0.1, 0.15) is 18.4 Å². The van der Waals surface area contributed by atoms with Gasteiger partial charge in [-0.15, -0.1) is 16.8 Å². The van der Waals surface area contributed by atoms with Crippen molar-refractivity contribution in [2.24, 2.45) is 5.92 Å². The van der Waals surface area contributed by atoms with Crippen molar-refractivity contribution in [2.45, 2.75) is 23.7 Å². The minimum atomic E-state index is 0.00299. The standard InChI is InChI=1S/C18H20Cl2N4OS2/c1-2-9-26-18-23-22-17(27-18)21-16(25)13-5-7-24(8-6-13)11-12-3-4-14(19)15(20)10-12/h2-4,10,13H,1,5-9,11H2,(H,21,22,25). The van der Waals surface area contributed by atoms with Gasteiger partial charge in [-0.1, -0.05) is 58.4 Å². The van der Waals surface area contributed by atoms with E-state index in [2.05, 4.69) is 27.0 Å². The molecule has 5 nitrogen and oxygen atoms in total. The number of hydrogen-bond donors (Lipinski definition) is 1. The third-order valence-corrected chi connectivity index (χ3v) is 7.02. The van der Waals surface area contributed by atoms with E-state index in [4.69, 9.17) is 23.2 Å². The Morgan fingerprint density at radius 2 is 2.11 bits per heavy atom. The normalized spacial score (nSPS) is 15.6. The largest absolute Gasteiger partial charge is 0.300 e. The molecular formula is C18H20Cl2N4OS2. The number of anilines is 1. The predicted molar refractivity (Wildman–Crippen MR) is 114 cm³/mol. The van der Waals surface area contributed by atoms with Crippen LogP contribution in [0.15, 0.2) is 35.2 Å². The molecule has 1 aromatic heterocycles. The molecule has 1 N–H and O–H groups in total. The molecule has 0 radical (unpaired) electrons. The molecule has 9 heteroatoms. The number of halogens is 2. The van der Waals surface area contributed by atoms with Crippen LogP contribution < -0.4 is 5.32 Å². The first-order chi connectivity index (χ1) is 13.0. The van der Waals surface area contributed by atoms with Gasteiger partial charge in [0, 0.05) is 18.2 Å². The molecule has 0 spiro atoms. The van der Waals surface area contributed by atoms with Gasteiger partial charge in [0.1, 0.15) is 0 Å². The summed E-state index contributed by atoms with van der Waals surface area (Å²) in [7, 11) is 0. The fourth-order valence-electron chi connectivity index (χ4n) is 2.91. The molecule has 0 unspecified atom stereocenters. The maximum Gasteiger partial charge on any atom is 0.229 e. The van der Waals surface area contributed by atoms with Crippen LogP contribution in [0, 0.1) is 5.92 Å². The van der Waals surface area contributed by atoms with Crippen LogP contribution in [0.2, 0.25) is 10.0 Å². The minimum absolute atomic E-state index is 0.00299. The summed E-state index contributed by atoms with van der Waals surface area (Å²) in [5, 5.41) is 12.7. The Kier molecular flexibility index (Phi) is 7.55. The number of nitrogens with zero attached hydrogens (tertiary/aromatic N) is 3. The van der Waals surface area contributed by atoms with Crippen LogP contribution in [-0.4, -0.2) is 39.8 Å². The van der Waals surface area contributed by atoms with Crippen molar-refractivity contribution in [1.82, 2.24) is 15.1 Å². The van der Waals surface area contributed by atoms with E-state index in [1.54, 1.807) is 11.8 Å². The first-order valence-corrected chi connectivity index (χ1v) is 11.2. The molecule has 2 aromatic rings. The van der Waals surface area contributed by atoms with Gasteiger partial charge in [-0.2, -0.15) is 0 Å². The Bertz CT molecular complexity index is 806. The lowest BCUT2D eigenvalue weighted by Crippen LogP contribution is -2.37. The van der Waals surface area contributed by atoms with Crippen molar-refractivity contribution in [1.29, 1.82) is 0 Å². The summed E-state index contributed by atoms with van der Waals surface area (Å²) in [6, 6.07) is 5.72. The first kappa shape index (κ1) is 20.6. The van der Waals surface area contributed by atoms with E-state index in [9.17, 15) is 4.79 Å². The fourth-order valence-corrected chi connectivity index (χ4v) is 4.74. The van der Waals surface area contributed by atoms with Gasteiger partial charge in [0.05, 0.1) is 10.0 Å². The number of benzene rings is 1. The smallest absolute Gasteiger partial charge is 0.229 e. The number of likely N-dealkylation sites (tertiary alicyclic amines) is 1. The highest BCUT2D eigenvalue weighted by molar-refractivity contribution is 8.01. The number of thioether (sulfide) groups is 1. The van der Waals surface area contributed by atoms with Crippen LogP contribution in [0.5, 0.6) is 0 Å². The highest BCUT2D eigenvalue weighted by Gasteiger charge is 2.25. The molecule has 144 valence electrons. The molecule has 27 heavy (non-hydrogen) atoms. The lowest BCUT2D eigenvalue weighted by atomic mass is 9.95. The Morgan fingerprint density at radius 3 is 2.81 bits per heavy atom. The zero-order valence-corrected chi connectivity index (χ0v) is 17.8. The van der Waals surface area contributed by atoms with Crippen molar-refractivity contribution in [3.8, 4) is 0 Å². The average molecular weight is 443 g/mol. The molecule has 0 saturated carbocycles. The average Bonchev–Trinajstić information content (AvgIpc) is 3.11. The first-order valence-electron chi connectivity index (χ1n) is 8.59. The van der Waals surface area contributed by atoms with E-state index < -0.39 is 0 Å². The maximum absolute atomic E-state index is 12.5. The van der Waals surface area contributed by atoms with Gasteiger partial charge in [-0.05, 0) is 43.6 Å². The monoisotopic (exact) mass is 442 g/mol. The van der Waals surface area contributed by atoms with Gasteiger partial charge in [0.2, 0.25) is 11.0 Å². The van der Waals surface area contributed by atoms with Crippen molar-refractivity contribution in [2.75, 3.05) is 24.2 Å². The SMILES string of the molecule is C=CCSc1nnc(NC(=O)C2CCN(Cc3ccc(Cl)c(Cl)c3)CC2)s1. The van der Waals surface area contributed by atoms with Crippen LogP contribution in [0.4, 0.5) is 5.13 Å². The quantitative estimate of drug-likeness (QED) is 0.372. The van der Waals surface area contributed by atoms with Gasteiger partial charge >= 0.3 is 0 Å². The van der Waals surface area contributed by atoms with Gasteiger partial charge < -0.3 is 5.32 Å². The number of rotatable bonds is 7. The molecule has 0 bridgehead atoms. The summed E-state index contributed by atoms with van der Waals surface area (Å²) in [5.41, 5.74) is 1.13. The summed E-state index contributed by atoms with van der Waals surface area (Å²) in [5.74, 6) is 0.809. The highest BCUT2D eigenvalue weighted by Crippen LogP contribution is 2.28. The Labute approximate surface area is 177 Å². The lowest BCUT2D eigenvalue weighted by molar-refractivity contribution is -0.121. The second kappa shape index (κ2) is 9.89. The number of piperidine rings is 1. The third kappa shape index (κ3) is 5.93. The fraction of sp³-hybridized carbons (Fsp3) is 0.389. The van der Waals surface area contributed by atoms with Crippen molar-refractivity contribution in [3.05, 3.63) is 46.5 Å². The van der Waals surface area contributed by atoms with Crippen LogP contribution >= 0.6 is 46.3 Å². The predicted octanol–water partition coefficient (Wildman–Crippen LogP) is 4.97. The molecule has 1 fully saturated rings. The summed E-state index contributed by atoms with van der Waals surface area (Å²) in [6.45, 7) is 6.23. The van der Waals surface area contributed by atoms with E-state index in [0.29, 0.717) is 15.2 Å². The molecule has 1 aromatic carbocycles. The molecule has 1 saturated heterocycles. The van der Waals surface area contributed by atoms with Gasteiger partial charge in [0.25, 0.3) is 0 Å². The topological polar surface area (TPSA) is 58.1 Å². The van der Waals surface area contributed by atoms with E-state index in [1.165, 1.54) is 11.3 Å². The van der Waals surface area contributed by atoms with Crippen LogP contribution in [-0.2, 0) is 11.3 Å². The Hall–Kier alpha value is -1.12. The van der Waals surface area contributed by atoms with Gasteiger partial charge in [-0.25, -0.2) is 0 Å². The molecule has 1 aliphatic heterocycles. The molecular weight excluding hydrogens is 423 g/mol. The van der Waals surface area contributed by atoms with Crippen LogP contribution in [0.25, 0.3) is 0 Å². The van der Waals surface area contributed by atoms with E-state index >= 15 is 0 Å². The van der Waals surface area contributed by atoms with E-state index in [0.717, 1.165) is 48.1 Å². The molecule has 2 heterocycles. The molecule has 0 aliphatic carbocycles. The van der Waals surface area contributed by atoms with Crippen LogP contribution in [0.3, 0.4) is 0 Å². The number of aromatic nitrogens is 2. The van der Waals surface area contributed by atoms with Crippen molar-refractivity contribution < 1.29 is 4.79 Å². The number of carbonyl (C=O) groups is 1.